The lowest BCUT2D eigenvalue weighted by Gasteiger charge is -2.07. The van der Waals surface area contributed by atoms with Gasteiger partial charge >= 0.3 is 5.97 Å². The van der Waals surface area contributed by atoms with E-state index >= 15 is 0 Å². The van der Waals surface area contributed by atoms with Crippen LogP contribution in [-0.2, 0) is 4.74 Å². The van der Waals surface area contributed by atoms with Gasteiger partial charge in [0.2, 0.25) is 0 Å². The van der Waals surface area contributed by atoms with E-state index in [4.69, 9.17) is 10.00 Å². The Morgan fingerprint density at radius 1 is 1.29 bits per heavy atom. The number of rotatable bonds is 3. The number of hydrogen-bond donors (Lipinski definition) is 0. The molecule has 0 atom stereocenters. The smallest absolute Gasteiger partial charge is 0.339 e. The van der Waals surface area contributed by atoms with E-state index < -0.39 is 5.97 Å². The van der Waals surface area contributed by atoms with E-state index in [0.29, 0.717) is 5.56 Å². The van der Waals surface area contributed by atoms with Crippen LogP contribution in [-0.4, -0.2) is 17.6 Å². The quantitative estimate of drug-likeness (QED) is 0.692. The monoisotopic (exact) mass is 294 g/mol. The molecule has 0 aliphatic carbocycles. The highest BCUT2D eigenvalue weighted by molar-refractivity contribution is 7.13. The van der Waals surface area contributed by atoms with Crippen molar-refractivity contribution in [2.45, 2.75) is 0 Å². The second-order valence-corrected chi connectivity index (χ2v) is 5.23. The lowest BCUT2D eigenvalue weighted by atomic mass is 10.1. The summed E-state index contributed by atoms with van der Waals surface area (Å²) in [7, 11) is 0. The van der Waals surface area contributed by atoms with Crippen LogP contribution in [0.2, 0.25) is 0 Å². The van der Waals surface area contributed by atoms with Gasteiger partial charge in [0, 0.05) is 5.39 Å². The van der Waals surface area contributed by atoms with Crippen LogP contribution in [0.1, 0.15) is 10.4 Å². The van der Waals surface area contributed by atoms with E-state index in [1.54, 1.807) is 23.5 Å². The number of para-hydroxylation sites is 1. The van der Waals surface area contributed by atoms with Crippen LogP contribution in [0.5, 0.6) is 0 Å². The van der Waals surface area contributed by atoms with Crippen molar-refractivity contribution >= 4 is 28.2 Å². The Morgan fingerprint density at radius 2 is 2.14 bits per heavy atom. The zero-order chi connectivity index (χ0) is 14.7. The van der Waals surface area contributed by atoms with Gasteiger partial charge in [-0.1, -0.05) is 24.3 Å². The van der Waals surface area contributed by atoms with E-state index in [0.717, 1.165) is 21.5 Å². The molecule has 2 aromatic heterocycles. The third kappa shape index (κ3) is 2.62. The van der Waals surface area contributed by atoms with Crippen LogP contribution in [0.25, 0.3) is 21.5 Å². The summed E-state index contributed by atoms with van der Waals surface area (Å²) in [6, 6.07) is 14.8. The summed E-state index contributed by atoms with van der Waals surface area (Å²) in [6.07, 6.45) is 0. The summed E-state index contributed by atoms with van der Waals surface area (Å²) < 4.78 is 4.93. The second kappa shape index (κ2) is 5.73. The minimum atomic E-state index is -0.507. The molecule has 0 saturated carbocycles. The van der Waals surface area contributed by atoms with E-state index in [-0.39, 0.29) is 6.61 Å². The van der Waals surface area contributed by atoms with Gasteiger partial charge in [0.15, 0.2) is 6.61 Å². The predicted octanol–water partition coefficient (Wildman–Crippen LogP) is 3.64. The van der Waals surface area contributed by atoms with Crippen LogP contribution < -0.4 is 0 Å². The molecule has 0 saturated heterocycles. The maximum atomic E-state index is 12.1. The number of carbonyl (C=O) groups excluding carboxylic acids is 1. The molecule has 0 aliphatic rings. The van der Waals surface area contributed by atoms with E-state index in [9.17, 15) is 4.79 Å². The van der Waals surface area contributed by atoms with Gasteiger partial charge in [-0.25, -0.2) is 9.78 Å². The first-order valence-electron chi connectivity index (χ1n) is 6.27. The number of aromatic nitrogens is 1. The Labute approximate surface area is 125 Å². The molecule has 0 amide bonds. The van der Waals surface area contributed by atoms with Crippen molar-refractivity contribution < 1.29 is 9.53 Å². The Morgan fingerprint density at radius 3 is 2.90 bits per heavy atom. The van der Waals surface area contributed by atoms with Gasteiger partial charge in [-0.3, -0.25) is 0 Å². The molecule has 0 unspecified atom stereocenters. The fourth-order valence-electron chi connectivity index (χ4n) is 2.07. The van der Waals surface area contributed by atoms with Crippen molar-refractivity contribution in [2.24, 2.45) is 0 Å². The number of nitrogens with zero attached hydrogens (tertiary/aromatic N) is 2. The van der Waals surface area contributed by atoms with Gasteiger partial charge in [0.05, 0.1) is 21.7 Å². The summed E-state index contributed by atoms with van der Waals surface area (Å²) in [6.45, 7) is -0.260. The molecule has 0 fully saturated rings. The number of fused-ring (bicyclic) bond motifs is 1. The van der Waals surface area contributed by atoms with Gasteiger partial charge < -0.3 is 4.74 Å². The van der Waals surface area contributed by atoms with Crippen LogP contribution in [0.3, 0.4) is 0 Å². The fraction of sp³-hybridized carbons (Fsp3) is 0.0625. The summed E-state index contributed by atoms with van der Waals surface area (Å²) in [4.78, 5) is 17.7. The number of benzene rings is 1. The number of carbonyl (C=O) groups is 1. The van der Waals surface area contributed by atoms with Crippen LogP contribution in [0, 0.1) is 11.3 Å². The fourth-order valence-corrected chi connectivity index (χ4v) is 2.76. The minimum absolute atomic E-state index is 0.260. The highest BCUT2D eigenvalue weighted by Crippen LogP contribution is 2.28. The first-order chi connectivity index (χ1) is 10.3. The van der Waals surface area contributed by atoms with Crippen LogP contribution in [0.4, 0.5) is 0 Å². The Kier molecular flexibility index (Phi) is 3.63. The largest absolute Gasteiger partial charge is 0.447 e. The molecule has 3 aromatic rings. The lowest BCUT2D eigenvalue weighted by Crippen LogP contribution is -2.07. The highest BCUT2D eigenvalue weighted by Gasteiger charge is 2.15. The van der Waals surface area contributed by atoms with Gasteiger partial charge in [0.1, 0.15) is 6.07 Å². The lowest BCUT2D eigenvalue weighted by molar-refractivity contribution is 0.0557. The molecule has 0 N–H and O–H groups in total. The molecule has 4 nitrogen and oxygen atoms in total. The number of nitriles is 1. The standard InChI is InChI=1S/C16H10N2O2S/c17-7-8-20-16(19)12-10-14(15-6-3-9-21-15)18-13-5-2-1-4-11(12)13/h1-6,9-10H,8H2. The zero-order valence-electron chi connectivity index (χ0n) is 10.9. The summed E-state index contributed by atoms with van der Waals surface area (Å²) in [5.74, 6) is -0.507. The summed E-state index contributed by atoms with van der Waals surface area (Å²) in [5.41, 5.74) is 1.89. The predicted molar refractivity (Wildman–Crippen MR) is 81.0 cm³/mol. The third-order valence-corrected chi connectivity index (χ3v) is 3.87. The Hall–Kier alpha value is -2.71. The number of esters is 1. The third-order valence-electron chi connectivity index (χ3n) is 2.98. The molecular formula is C16H10N2O2S. The normalized spacial score (nSPS) is 10.2. The van der Waals surface area contributed by atoms with E-state index in [2.05, 4.69) is 4.98 Å². The minimum Gasteiger partial charge on any atom is -0.447 e. The van der Waals surface area contributed by atoms with E-state index in [1.165, 1.54) is 0 Å². The molecule has 0 aliphatic heterocycles. The van der Waals surface area contributed by atoms with E-state index in [1.807, 2.05) is 41.8 Å². The molecule has 0 spiro atoms. The molecule has 5 heteroatoms. The number of thiophene rings is 1. The zero-order valence-corrected chi connectivity index (χ0v) is 11.8. The average molecular weight is 294 g/mol. The molecule has 0 radical (unpaired) electrons. The van der Waals surface area contributed by atoms with Crippen molar-refractivity contribution in [3.63, 3.8) is 0 Å². The average Bonchev–Trinajstić information content (AvgIpc) is 3.06. The topological polar surface area (TPSA) is 63.0 Å². The SMILES string of the molecule is N#CCOC(=O)c1cc(-c2cccs2)nc2ccccc12. The number of pyridine rings is 1. The first kappa shape index (κ1) is 13.3. The van der Waals surface area contributed by atoms with Crippen LogP contribution >= 0.6 is 11.3 Å². The van der Waals surface area contributed by atoms with Gasteiger partial charge in [-0.15, -0.1) is 11.3 Å². The molecule has 2 heterocycles. The van der Waals surface area contributed by atoms with Crippen LogP contribution in [0.15, 0.2) is 47.8 Å². The maximum Gasteiger partial charge on any atom is 0.339 e. The Bertz CT molecular complexity index is 835. The van der Waals surface area contributed by atoms with Crippen molar-refractivity contribution in [1.82, 2.24) is 4.98 Å². The summed E-state index contributed by atoms with van der Waals surface area (Å²) in [5, 5.41) is 11.2. The molecule has 0 bridgehead atoms. The number of ether oxygens (including phenoxy) is 1. The van der Waals surface area contributed by atoms with Crippen molar-refractivity contribution in [3.8, 4) is 16.6 Å². The second-order valence-electron chi connectivity index (χ2n) is 4.28. The first-order valence-corrected chi connectivity index (χ1v) is 7.15. The molecule has 1 aromatic carbocycles. The molecular weight excluding hydrogens is 284 g/mol. The van der Waals surface area contributed by atoms with Crippen molar-refractivity contribution in [2.75, 3.05) is 6.61 Å². The maximum absolute atomic E-state index is 12.1. The summed E-state index contributed by atoms with van der Waals surface area (Å²) >= 11 is 1.56. The van der Waals surface area contributed by atoms with Gasteiger partial charge in [-0.05, 0) is 23.6 Å². The molecule has 102 valence electrons. The van der Waals surface area contributed by atoms with Gasteiger partial charge in [0.25, 0.3) is 0 Å². The van der Waals surface area contributed by atoms with Crippen molar-refractivity contribution in [1.29, 1.82) is 5.26 Å². The Balaban J connectivity index is 2.16. The molecule has 21 heavy (non-hydrogen) atoms. The highest BCUT2D eigenvalue weighted by atomic mass is 32.1. The van der Waals surface area contributed by atoms with Gasteiger partial charge in [-0.2, -0.15) is 5.26 Å². The number of hydrogen-bond acceptors (Lipinski definition) is 5. The van der Waals surface area contributed by atoms with Crippen molar-refractivity contribution in [3.05, 3.63) is 53.4 Å². The molecule has 3 rings (SSSR count).